The molecular weight excluding hydrogens is 370 g/mol. The van der Waals surface area contributed by atoms with Gasteiger partial charge in [-0.05, 0) is 42.3 Å². The molecule has 3 aromatic carbocycles. The highest BCUT2D eigenvalue weighted by Crippen LogP contribution is 2.26. The molecule has 0 aromatic heterocycles. The van der Waals surface area contributed by atoms with Gasteiger partial charge in [0.05, 0.1) is 11.1 Å². The van der Waals surface area contributed by atoms with Crippen LogP contribution >= 0.6 is 0 Å². The number of carbonyl (C=O) groups is 3. The molecule has 29 heavy (non-hydrogen) atoms. The van der Waals surface area contributed by atoms with E-state index in [1.54, 1.807) is 30.3 Å². The fourth-order valence-electron chi connectivity index (χ4n) is 3.07. The molecule has 0 saturated heterocycles. The zero-order chi connectivity index (χ0) is 20.4. The number of hydroxylamine groups is 2. The fraction of sp³-hybridized carbons (Fsp3) is 0.0870. The molecule has 144 valence electrons. The molecule has 0 spiro atoms. The Bertz CT molecular complexity index is 1090. The molecule has 6 heteroatoms. The first-order valence-corrected chi connectivity index (χ1v) is 9.02. The van der Waals surface area contributed by atoms with Gasteiger partial charge < -0.3 is 9.57 Å². The van der Waals surface area contributed by atoms with E-state index in [4.69, 9.17) is 9.57 Å². The lowest BCUT2D eigenvalue weighted by Gasteiger charge is -2.15. The summed E-state index contributed by atoms with van der Waals surface area (Å²) in [6, 6.07) is 20.6. The van der Waals surface area contributed by atoms with Gasteiger partial charge >= 0.3 is 5.97 Å². The van der Waals surface area contributed by atoms with E-state index >= 15 is 0 Å². The van der Waals surface area contributed by atoms with E-state index in [0.717, 1.165) is 11.1 Å². The molecule has 1 heterocycles. The van der Waals surface area contributed by atoms with Crippen LogP contribution in [0.4, 0.5) is 0 Å². The third-order valence-corrected chi connectivity index (χ3v) is 4.68. The first-order chi connectivity index (χ1) is 14.1. The van der Waals surface area contributed by atoms with Crippen LogP contribution in [0.2, 0.25) is 0 Å². The van der Waals surface area contributed by atoms with E-state index in [-0.39, 0.29) is 23.3 Å². The molecule has 4 rings (SSSR count). The molecule has 2 amide bonds. The van der Waals surface area contributed by atoms with Gasteiger partial charge in [-0.3, -0.25) is 9.59 Å². The van der Waals surface area contributed by atoms with Gasteiger partial charge in [0.1, 0.15) is 17.9 Å². The average Bonchev–Trinajstić information content (AvgIpc) is 2.98. The number of hydrogen-bond donors (Lipinski definition) is 0. The molecular formula is C23H17NO5. The Kier molecular flexibility index (Phi) is 4.83. The molecule has 1 aliphatic rings. The van der Waals surface area contributed by atoms with Crippen molar-refractivity contribution in [1.82, 2.24) is 5.06 Å². The number of carbonyl (C=O) groups excluding carboxylic acids is 3. The topological polar surface area (TPSA) is 72.9 Å². The Morgan fingerprint density at radius 1 is 0.828 bits per heavy atom. The third-order valence-electron chi connectivity index (χ3n) is 4.68. The lowest BCUT2D eigenvalue weighted by atomic mass is 10.1. The van der Waals surface area contributed by atoms with Crippen molar-refractivity contribution >= 4 is 17.8 Å². The lowest BCUT2D eigenvalue weighted by Crippen LogP contribution is -2.32. The SMILES string of the molecule is Cc1ccccc1COc1ccccc1C(=O)ON1C(=O)c2ccccc2C1=O. The summed E-state index contributed by atoms with van der Waals surface area (Å²) in [6.45, 7) is 2.24. The number of nitrogens with zero attached hydrogens (tertiary/aromatic N) is 1. The molecule has 0 radical (unpaired) electrons. The Balaban J connectivity index is 1.52. The number of ether oxygens (including phenoxy) is 1. The van der Waals surface area contributed by atoms with Crippen LogP contribution in [-0.4, -0.2) is 22.8 Å². The van der Waals surface area contributed by atoms with Gasteiger partial charge in [0.2, 0.25) is 0 Å². The van der Waals surface area contributed by atoms with Crippen LogP contribution in [0.15, 0.2) is 72.8 Å². The molecule has 3 aromatic rings. The number of rotatable bonds is 5. The summed E-state index contributed by atoms with van der Waals surface area (Å²) in [5, 5.41) is 0.491. The summed E-state index contributed by atoms with van der Waals surface area (Å²) in [5.41, 5.74) is 2.58. The largest absolute Gasteiger partial charge is 0.488 e. The van der Waals surface area contributed by atoms with E-state index in [0.29, 0.717) is 10.8 Å². The summed E-state index contributed by atoms with van der Waals surface area (Å²) in [4.78, 5) is 42.6. The number of hydrogen-bond acceptors (Lipinski definition) is 5. The average molecular weight is 387 g/mol. The fourth-order valence-corrected chi connectivity index (χ4v) is 3.07. The summed E-state index contributed by atoms with van der Waals surface area (Å²) in [7, 11) is 0. The number of imide groups is 1. The monoisotopic (exact) mass is 387 g/mol. The Labute approximate surface area is 167 Å². The molecule has 6 nitrogen and oxygen atoms in total. The normalized spacial score (nSPS) is 12.7. The zero-order valence-electron chi connectivity index (χ0n) is 15.6. The van der Waals surface area contributed by atoms with Gasteiger partial charge in [0.25, 0.3) is 11.8 Å². The highest BCUT2D eigenvalue weighted by molar-refractivity contribution is 6.21. The molecule has 0 N–H and O–H groups in total. The minimum Gasteiger partial charge on any atom is -0.488 e. The minimum atomic E-state index is -0.847. The van der Waals surface area contributed by atoms with Gasteiger partial charge in [-0.15, -0.1) is 0 Å². The second-order valence-corrected chi connectivity index (χ2v) is 6.54. The Morgan fingerprint density at radius 3 is 2.10 bits per heavy atom. The highest BCUT2D eigenvalue weighted by atomic mass is 16.7. The van der Waals surface area contributed by atoms with E-state index in [2.05, 4.69) is 0 Å². The maximum atomic E-state index is 12.7. The molecule has 0 saturated carbocycles. The minimum absolute atomic E-state index is 0.123. The predicted octanol–water partition coefficient (Wildman–Crippen LogP) is 3.94. The van der Waals surface area contributed by atoms with Gasteiger partial charge in [-0.25, -0.2) is 4.79 Å². The van der Waals surface area contributed by atoms with E-state index in [1.165, 1.54) is 18.2 Å². The predicted molar refractivity (Wildman–Crippen MR) is 104 cm³/mol. The Hall–Kier alpha value is -3.93. The number of fused-ring (bicyclic) bond motifs is 1. The Morgan fingerprint density at radius 2 is 1.41 bits per heavy atom. The highest BCUT2D eigenvalue weighted by Gasteiger charge is 2.39. The van der Waals surface area contributed by atoms with Crippen LogP contribution in [0.1, 0.15) is 42.2 Å². The van der Waals surface area contributed by atoms with Crippen molar-refractivity contribution in [2.24, 2.45) is 0 Å². The van der Waals surface area contributed by atoms with Crippen molar-refractivity contribution < 1.29 is 24.0 Å². The summed E-state index contributed by atoms with van der Waals surface area (Å²) in [6.07, 6.45) is 0. The van der Waals surface area contributed by atoms with E-state index < -0.39 is 17.8 Å². The number of benzene rings is 3. The second-order valence-electron chi connectivity index (χ2n) is 6.54. The van der Waals surface area contributed by atoms with Crippen molar-refractivity contribution in [2.45, 2.75) is 13.5 Å². The lowest BCUT2D eigenvalue weighted by molar-refractivity contribution is -0.0586. The van der Waals surface area contributed by atoms with Crippen LogP contribution in [0.3, 0.4) is 0 Å². The number of aryl methyl sites for hydroxylation is 1. The second kappa shape index (κ2) is 7.59. The van der Waals surface area contributed by atoms with Gasteiger partial charge in [-0.1, -0.05) is 53.6 Å². The van der Waals surface area contributed by atoms with Crippen molar-refractivity contribution in [1.29, 1.82) is 0 Å². The van der Waals surface area contributed by atoms with Crippen LogP contribution < -0.4 is 4.74 Å². The molecule has 0 unspecified atom stereocenters. The van der Waals surface area contributed by atoms with Gasteiger partial charge in [0, 0.05) is 0 Å². The van der Waals surface area contributed by atoms with Crippen LogP contribution in [0.25, 0.3) is 0 Å². The van der Waals surface area contributed by atoms with Crippen molar-refractivity contribution in [3.05, 3.63) is 101 Å². The standard InChI is InChI=1S/C23H17NO5/c1-15-8-2-3-9-16(15)14-28-20-13-7-6-12-19(20)23(27)29-24-21(25)17-10-4-5-11-18(17)22(24)26/h2-13H,14H2,1H3. The maximum absolute atomic E-state index is 12.7. The van der Waals surface area contributed by atoms with Crippen LogP contribution in [0.5, 0.6) is 5.75 Å². The maximum Gasteiger partial charge on any atom is 0.367 e. The first kappa shape index (κ1) is 18.4. The van der Waals surface area contributed by atoms with E-state index in [9.17, 15) is 14.4 Å². The quantitative estimate of drug-likeness (QED) is 0.620. The van der Waals surface area contributed by atoms with Crippen molar-refractivity contribution in [2.75, 3.05) is 0 Å². The molecule has 0 bridgehead atoms. The summed E-state index contributed by atoms with van der Waals surface area (Å²) >= 11 is 0. The van der Waals surface area contributed by atoms with Crippen molar-refractivity contribution in [3.8, 4) is 5.75 Å². The van der Waals surface area contributed by atoms with Gasteiger partial charge in [-0.2, -0.15) is 0 Å². The van der Waals surface area contributed by atoms with Gasteiger partial charge in [0.15, 0.2) is 0 Å². The smallest absolute Gasteiger partial charge is 0.367 e. The molecule has 1 aliphatic heterocycles. The molecule has 0 fully saturated rings. The van der Waals surface area contributed by atoms with Crippen LogP contribution in [0, 0.1) is 6.92 Å². The molecule has 0 atom stereocenters. The van der Waals surface area contributed by atoms with E-state index in [1.807, 2.05) is 31.2 Å². The summed E-state index contributed by atoms with van der Waals surface area (Å²) < 4.78 is 5.82. The number of para-hydroxylation sites is 1. The molecule has 0 aliphatic carbocycles. The number of amides is 2. The van der Waals surface area contributed by atoms with Crippen LogP contribution in [-0.2, 0) is 11.4 Å². The summed E-state index contributed by atoms with van der Waals surface area (Å²) in [5.74, 6) is -1.88. The first-order valence-electron chi connectivity index (χ1n) is 9.02. The van der Waals surface area contributed by atoms with Crippen molar-refractivity contribution in [3.63, 3.8) is 0 Å². The zero-order valence-corrected chi connectivity index (χ0v) is 15.6. The third kappa shape index (κ3) is 3.48.